The standard InChI is InChI=1S/C27H33N3O6P2S/c1-5-33-37(31,34-6-2)27(38(32,35-7-3)36-8-4)30-25-23-17-18-39-26(23)29-24(28-25)22-16-12-15-21(19-22)20-13-10-9-11-14-20/h9-19,27H,5-8H2,1-4H3,(H,28,29,30). The van der Waals surface area contributed by atoms with E-state index in [1.807, 2.05) is 66.0 Å². The number of nitrogens with zero attached hydrogens (tertiary/aromatic N) is 2. The fraction of sp³-hybridized carbons (Fsp3) is 0.333. The highest BCUT2D eigenvalue weighted by atomic mass is 32.1. The quantitative estimate of drug-likeness (QED) is 0.145. The van der Waals surface area contributed by atoms with Crippen LogP contribution in [0.2, 0.25) is 0 Å². The van der Waals surface area contributed by atoms with E-state index in [-0.39, 0.29) is 26.4 Å². The van der Waals surface area contributed by atoms with Gasteiger partial charge in [-0.3, -0.25) is 9.13 Å². The molecule has 0 fully saturated rings. The minimum absolute atomic E-state index is 0.0723. The lowest BCUT2D eigenvalue weighted by Gasteiger charge is -2.32. The van der Waals surface area contributed by atoms with Crippen LogP contribution in [0.4, 0.5) is 5.82 Å². The Morgan fingerprint density at radius 3 is 1.90 bits per heavy atom. The predicted octanol–water partition coefficient (Wildman–Crippen LogP) is 8.25. The van der Waals surface area contributed by atoms with Gasteiger partial charge in [0.1, 0.15) is 10.6 Å². The van der Waals surface area contributed by atoms with E-state index in [0.29, 0.717) is 21.9 Å². The van der Waals surface area contributed by atoms with Crippen molar-refractivity contribution in [1.82, 2.24) is 9.97 Å². The fourth-order valence-corrected chi connectivity index (χ4v) is 9.76. The van der Waals surface area contributed by atoms with Gasteiger partial charge in [-0.15, -0.1) is 11.3 Å². The maximum atomic E-state index is 14.1. The smallest absolute Gasteiger partial charge is 0.346 e. The SMILES string of the molecule is CCOP(=O)(OCC)C(Nc1nc(-c2cccc(-c3ccccc3)c2)nc2sccc12)P(=O)(OCC)OCC. The first kappa shape index (κ1) is 29.6. The number of rotatable bonds is 14. The van der Waals surface area contributed by atoms with E-state index in [1.165, 1.54) is 11.3 Å². The van der Waals surface area contributed by atoms with Gasteiger partial charge in [-0.05, 0) is 56.3 Å². The van der Waals surface area contributed by atoms with Crippen LogP contribution in [-0.2, 0) is 27.2 Å². The van der Waals surface area contributed by atoms with Crippen molar-refractivity contribution in [2.24, 2.45) is 0 Å². The van der Waals surface area contributed by atoms with E-state index >= 15 is 0 Å². The van der Waals surface area contributed by atoms with Gasteiger partial charge in [0.25, 0.3) is 0 Å². The summed E-state index contributed by atoms with van der Waals surface area (Å²) in [6.07, 6.45) is 0. The maximum absolute atomic E-state index is 14.1. The first-order chi connectivity index (χ1) is 18.9. The molecule has 4 aromatic rings. The lowest BCUT2D eigenvalue weighted by Crippen LogP contribution is -2.26. The third kappa shape index (κ3) is 6.67. The molecule has 2 aromatic heterocycles. The van der Waals surface area contributed by atoms with Gasteiger partial charge < -0.3 is 23.4 Å². The van der Waals surface area contributed by atoms with Crippen molar-refractivity contribution in [3.05, 3.63) is 66.0 Å². The molecular weight excluding hydrogens is 556 g/mol. The summed E-state index contributed by atoms with van der Waals surface area (Å²) in [7, 11) is -8.10. The van der Waals surface area contributed by atoms with Crippen molar-refractivity contribution in [1.29, 1.82) is 0 Å². The van der Waals surface area contributed by atoms with Crippen LogP contribution >= 0.6 is 26.5 Å². The molecule has 0 atom stereocenters. The Morgan fingerprint density at radius 2 is 1.31 bits per heavy atom. The molecule has 0 saturated carbocycles. The lowest BCUT2D eigenvalue weighted by molar-refractivity contribution is 0.198. The van der Waals surface area contributed by atoms with Gasteiger partial charge in [-0.25, -0.2) is 9.97 Å². The number of anilines is 1. The third-order valence-corrected chi connectivity index (χ3v) is 12.1. The topological polar surface area (TPSA) is 109 Å². The monoisotopic (exact) mass is 589 g/mol. The third-order valence-electron chi connectivity index (χ3n) is 5.65. The Hall–Kier alpha value is -2.42. The molecule has 0 radical (unpaired) electrons. The molecule has 39 heavy (non-hydrogen) atoms. The van der Waals surface area contributed by atoms with Gasteiger partial charge in [-0.2, -0.15) is 0 Å². The molecule has 0 aliphatic rings. The number of thiophene rings is 1. The van der Waals surface area contributed by atoms with Crippen molar-refractivity contribution in [2.45, 2.75) is 33.2 Å². The van der Waals surface area contributed by atoms with Gasteiger partial charge >= 0.3 is 15.2 Å². The summed E-state index contributed by atoms with van der Waals surface area (Å²) in [6, 6.07) is 19.8. The highest BCUT2D eigenvalue weighted by Crippen LogP contribution is 2.70. The molecule has 0 bridgehead atoms. The zero-order valence-electron chi connectivity index (χ0n) is 22.4. The van der Waals surface area contributed by atoms with Crippen LogP contribution in [0.25, 0.3) is 32.7 Å². The molecule has 0 aliphatic carbocycles. The van der Waals surface area contributed by atoms with E-state index in [9.17, 15) is 9.13 Å². The van der Waals surface area contributed by atoms with Crippen molar-refractivity contribution >= 4 is 42.6 Å². The molecule has 0 unspecified atom stereocenters. The highest BCUT2D eigenvalue weighted by Gasteiger charge is 2.51. The Bertz CT molecular complexity index is 1430. The maximum Gasteiger partial charge on any atom is 0.365 e. The summed E-state index contributed by atoms with van der Waals surface area (Å²) >= 11 is 1.44. The second-order valence-corrected chi connectivity index (χ2v) is 13.8. The zero-order valence-corrected chi connectivity index (χ0v) is 25.0. The summed E-state index contributed by atoms with van der Waals surface area (Å²) in [5.41, 5.74) is 1.43. The summed E-state index contributed by atoms with van der Waals surface area (Å²) in [4.78, 5) is 10.3. The summed E-state index contributed by atoms with van der Waals surface area (Å²) in [6.45, 7) is 7.05. The molecular formula is C27H33N3O6P2S. The van der Waals surface area contributed by atoms with Crippen LogP contribution in [-0.4, -0.2) is 41.9 Å². The summed E-state index contributed by atoms with van der Waals surface area (Å²) in [5.74, 6) is 0.778. The molecule has 2 heterocycles. The van der Waals surface area contributed by atoms with Crippen molar-refractivity contribution < 1.29 is 27.2 Å². The zero-order chi connectivity index (χ0) is 27.9. The van der Waals surface area contributed by atoms with Crippen LogP contribution in [0.15, 0.2) is 66.0 Å². The van der Waals surface area contributed by atoms with Gasteiger partial charge in [0.15, 0.2) is 5.82 Å². The number of aromatic nitrogens is 2. The molecule has 208 valence electrons. The number of hydrogen-bond acceptors (Lipinski definition) is 10. The highest BCUT2D eigenvalue weighted by molar-refractivity contribution is 7.73. The first-order valence-corrected chi connectivity index (χ1v) is 16.9. The van der Waals surface area contributed by atoms with Gasteiger partial charge in [0, 0.05) is 5.56 Å². The molecule has 9 nitrogen and oxygen atoms in total. The molecule has 2 aromatic carbocycles. The van der Waals surface area contributed by atoms with Gasteiger partial charge in [0.05, 0.1) is 31.8 Å². The summed E-state index contributed by atoms with van der Waals surface area (Å²) < 4.78 is 50.6. The van der Waals surface area contributed by atoms with Crippen molar-refractivity contribution in [3.63, 3.8) is 0 Å². The van der Waals surface area contributed by atoms with Crippen molar-refractivity contribution in [3.8, 4) is 22.5 Å². The van der Waals surface area contributed by atoms with E-state index in [1.54, 1.807) is 27.7 Å². The van der Waals surface area contributed by atoms with E-state index < -0.39 is 20.7 Å². The van der Waals surface area contributed by atoms with Crippen molar-refractivity contribution in [2.75, 3.05) is 31.7 Å². The Morgan fingerprint density at radius 1 is 0.744 bits per heavy atom. The Kier molecular flexibility index (Phi) is 10.1. The van der Waals surface area contributed by atoms with Crippen LogP contribution in [0.1, 0.15) is 27.7 Å². The summed E-state index contributed by atoms with van der Waals surface area (Å²) in [5, 5.41) is 5.68. The lowest BCUT2D eigenvalue weighted by atomic mass is 10.0. The number of fused-ring (bicyclic) bond motifs is 1. The van der Waals surface area contributed by atoms with Crippen LogP contribution < -0.4 is 5.32 Å². The molecule has 0 aliphatic heterocycles. The Balaban J connectivity index is 1.84. The number of hydrogen-bond donors (Lipinski definition) is 1. The second kappa shape index (κ2) is 13.3. The Labute approximate surface area is 233 Å². The molecule has 0 amide bonds. The molecule has 0 saturated heterocycles. The fourth-order valence-electron chi connectivity index (χ4n) is 4.09. The van der Waals surface area contributed by atoms with E-state index in [2.05, 4.69) is 5.32 Å². The molecule has 0 spiro atoms. The minimum Gasteiger partial charge on any atom is -0.346 e. The first-order valence-electron chi connectivity index (χ1n) is 12.8. The van der Waals surface area contributed by atoms with E-state index in [0.717, 1.165) is 16.7 Å². The second-order valence-electron chi connectivity index (χ2n) is 8.25. The molecule has 12 heteroatoms. The van der Waals surface area contributed by atoms with Crippen LogP contribution in [0.3, 0.4) is 0 Å². The normalized spacial score (nSPS) is 12.3. The van der Waals surface area contributed by atoms with E-state index in [4.69, 9.17) is 28.1 Å². The number of nitrogens with one attached hydrogen (secondary N) is 1. The van der Waals surface area contributed by atoms with Gasteiger partial charge in [-0.1, -0.05) is 48.5 Å². The van der Waals surface area contributed by atoms with Crippen LogP contribution in [0.5, 0.6) is 0 Å². The molecule has 4 rings (SSSR count). The minimum atomic E-state index is -4.05. The average molecular weight is 590 g/mol. The van der Waals surface area contributed by atoms with Crippen LogP contribution in [0, 0.1) is 0 Å². The molecule has 1 N–H and O–H groups in total. The average Bonchev–Trinajstić information content (AvgIpc) is 3.42. The number of benzene rings is 2. The van der Waals surface area contributed by atoms with Gasteiger partial charge in [0.2, 0.25) is 5.52 Å². The predicted molar refractivity (Wildman–Crippen MR) is 157 cm³/mol. The largest absolute Gasteiger partial charge is 0.365 e.